The average Bonchev–Trinajstić information content (AvgIpc) is 2.53. The minimum atomic E-state index is -0.699. The Bertz CT molecular complexity index is 579. The highest BCUT2D eigenvalue weighted by molar-refractivity contribution is 6.23. The molecule has 0 amide bonds. The first-order chi connectivity index (χ1) is 10.1. The maximum atomic E-state index is 6.41. The van der Waals surface area contributed by atoms with Gasteiger partial charge in [-0.1, -0.05) is 41.9 Å². The first kappa shape index (κ1) is 15.5. The van der Waals surface area contributed by atoms with Crippen molar-refractivity contribution in [1.82, 2.24) is 0 Å². The number of azo groups is 1. The molecule has 4 heteroatoms. The van der Waals surface area contributed by atoms with Crippen LogP contribution in [0.25, 0.3) is 0 Å². The quantitative estimate of drug-likeness (QED) is 0.401. The van der Waals surface area contributed by atoms with E-state index in [0.717, 1.165) is 24.3 Å². The normalized spacial score (nSPS) is 14.0. The van der Waals surface area contributed by atoms with Crippen LogP contribution in [-0.2, 0) is 6.42 Å². The van der Waals surface area contributed by atoms with Gasteiger partial charge in [-0.15, -0.1) is 0 Å². The van der Waals surface area contributed by atoms with Crippen LogP contribution in [0.1, 0.15) is 18.9 Å². The summed E-state index contributed by atoms with van der Waals surface area (Å²) in [5.74, 6) is 0.798. The molecule has 2 aromatic rings. The molecule has 0 saturated heterocycles. The fourth-order valence-electron chi connectivity index (χ4n) is 1.88. The van der Waals surface area contributed by atoms with Crippen molar-refractivity contribution in [1.29, 1.82) is 0 Å². The van der Waals surface area contributed by atoms with Gasteiger partial charge in [0.05, 0.1) is 12.8 Å². The standard InChI is InChI=1S/C17H19ClN2O/c1-17(18,13-12-14-6-4-3-5-7-14)20-19-15-8-10-16(21-2)11-9-15/h3-11H,12-13H2,1-2H3. The Balaban J connectivity index is 1.94. The molecule has 0 saturated carbocycles. The summed E-state index contributed by atoms with van der Waals surface area (Å²) < 4.78 is 5.10. The number of hydrogen-bond donors (Lipinski definition) is 0. The molecule has 0 radical (unpaired) electrons. The highest BCUT2D eigenvalue weighted by atomic mass is 35.5. The molecule has 2 aromatic carbocycles. The van der Waals surface area contributed by atoms with E-state index in [9.17, 15) is 0 Å². The van der Waals surface area contributed by atoms with E-state index in [1.807, 2.05) is 49.4 Å². The largest absolute Gasteiger partial charge is 0.497 e. The van der Waals surface area contributed by atoms with Gasteiger partial charge in [-0.05, 0) is 49.6 Å². The van der Waals surface area contributed by atoms with E-state index in [1.54, 1.807) is 7.11 Å². The Kier molecular flexibility index (Phi) is 5.34. The second-order valence-electron chi connectivity index (χ2n) is 5.03. The maximum absolute atomic E-state index is 6.41. The smallest absolute Gasteiger partial charge is 0.152 e. The third kappa shape index (κ3) is 5.20. The highest BCUT2D eigenvalue weighted by Crippen LogP contribution is 2.26. The second kappa shape index (κ2) is 7.23. The summed E-state index contributed by atoms with van der Waals surface area (Å²) in [6.07, 6.45) is 1.61. The van der Waals surface area contributed by atoms with E-state index >= 15 is 0 Å². The van der Waals surface area contributed by atoms with Gasteiger partial charge in [-0.3, -0.25) is 0 Å². The molecule has 2 rings (SSSR count). The van der Waals surface area contributed by atoms with Gasteiger partial charge in [0.15, 0.2) is 5.00 Å². The lowest BCUT2D eigenvalue weighted by Gasteiger charge is -2.15. The van der Waals surface area contributed by atoms with Crippen LogP contribution in [0.15, 0.2) is 64.8 Å². The van der Waals surface area contributed by atoms with Crippen molar-refractivity contribution in [2.75, 3.05) is 7.11 Å². The molecular formula is C17H19ClN2O. The monoisotopic (exact) mass is 302 g/mol. The number of hydrogen-bond acceptors (Lipinski definition) is 3. The van der Waals surface area contributed by atoms with Crippen molar-refractivity contribution in [2.24, 2.45) is 10.2 Å². The Hall–Kier alpha value is -1.87. The van der Waals surface area contributed by atoms with Crippen LogP contribution in [0, 0.1) is 0 Å². The van der Waals surface area contributed by atoms with Gasteiger partial charge in [0.25, 0.3) is 0 Å². The molecule has 21 heavy (non-hydrogen) atoms. The minimum Gasteiger partial charge on any atom is -0.497 e. The van der Waals surface area contributed by atoms with Crippen LogP contribution in [0.3, 0.4) is 0 Å². The predicted octanol–water partition coefficient (Wildman–Crippen LogP) is 5.37. The second-order valence-corrected chi connectivity index (χ2v) is 5.84. The van der Waals surface area contributed by atoms with Crippen LogP contribution in [0.5, 0.6) is 5.75 Å². The van der Waals surface area contributed by atoms with Gasteiger partial charge >= 0.3 is 0 Å². The molecule has 110 valence electrons. The lowest BCUT2D eigenvalue weighted by Crippen LogP contribution is -2.13. The van der Waals surface area contributed by atoms with Crippen LogP contribution < -0.4 is 4.74 Å². The number of benzene rings is 2. The topological polar surface area (TPSA) is 34.0 Å². The van der Waals surface area contributed by atoms with Gasteiger partial charge in [0, 0.05) is 0 Å². The summed E-state index contributed by atoms with van der Waals surface area (Å²) in [4.78, 5) is -0.699. The molecule has 0 N–H and O–H groups in total. The van der Waals surface area contributed by atoms with Crippen molar-refractivity contribution in [2.45, 2.75) is 24.8 Å². The summed E-state index contributed by atoms with van der Waals surface area (Å²) in [5.41, 5.74) is 2.02. The number of methoxy groups -OCH3 is 1. The first-order valence-electron chi connectivity index (χ1n) is 6.89. The lowest BCUT2D eigenvalue weighted by molar-refractivity contribution is 0.415. The zero-order valence-corrected chi connectivity index (χ0v) is 13.0. The Labute approximate surface area is 130 Å². The third-order valence-electron chi connectivity index (χ3n) is 3.16. The molecule has 0 bridgehead atoms. The van der Waals surface area contributed by atoms with Crippen molar-refractivity contribution < 1.29 is 4.74 Å². The molecule has 0 aliphatic rings. The van der Waals surface area contributed by atoms with Crippen LogP contribution in [-0.4, -0.2) is 12.1 Å². The molecule has 0 aliphatic heterocycles. The first-order valence-corrected chi connectivity index (χ1v) is 7.27. The van der Waals surface area contributed by atoms with Gasteiger partial charge < -0.3 is 4.74 Å². The van der Waals surface area contributed by atoms with E-state index in [0.29, 0.717) is 0 Å². The Morgan fingerprint density at radius 1 is 1.05 bits per heavy atom. The lowest BCUT2D eigenvalue weighted by atomic mass is 10.1. The molecule has 1 atom stereocenters. The number of halogens is 1. The maximum Gasteiger partial charge on any atom is 0.152 e. The summed E-state index contributed by atoms with van der Waals surface area (Å²) in [6, 6.07) is 17.7. The van der Waals surface area contributed by atoms with E-state index in [2.05, 4.69) is 22.4 Å². The molecule has 0 aromatic heterocycles. The molecule has 3 nitrogen and oxygen atoms in total. The van der Waals surface area contributed by atoms with Crippen molar-refractivity contribution in [3.8, 4) is 5.75 Å². The number of rotatable bonds is 6. The summed E-state index contributed by atoms with van der Waals surface area (Å²) in [7, 11) is 1.63. The van der Waals surface area contributed by atoms with E-state index in [-0.39, 0.29) is 0 Å². The highest BCUT2D eigenvalue weighted by Gasteiger charge is 2.19. The molecule has 0 spiro atoms. The van der Waals surface area contributed by atoms with E-state index in [1.165, 1.54) is 5.56 Å². The Morgan fingerprint density at radius 2 is 1.71 bits per heavy atom. The summed E-state index contributed by atoms with van der Waals surface area (Å²) in [6.45, 7) is 1.88. The predicted molar refractivity (Wildman–Crippen MR) is 86.5 cm³/mol. The number of aryl methyl sites for hydroxylation is 1. The fraction of sp³-hybridized carbons (Fsp3) is 0.294. The SMILES string of the molecule is COc1ccc(N=NC(C)(Cl)CCc2ccccc2)cc1. The summed E-state index contributed by atoms with van der Waals surface area (Å²) in [5, 5.41) is 8.45. The number of alkyl halides is 1. The number of nitrogens with zero attached hydrogens (tertiary/aromatic N) is 2. The van der Waals surface area contributed by atoms with Crippen LogP contribution >= 0.6 is 11.6 Å². The molecule has 0 heterocycles. The van der Waals surface area contributed by atoms with E-state index in [4.69, 9.17) is 16.3 Å². The van der Waals surface area contributed by atoms with Gasteiger partial charge in [-0.2, -0.15) is 10.2 Å². The minimum absolute atomic E-state index is 0.699. The third-order valence-corrected chi connectivity index (χ3v) is 3.42. The zero-order chi connectivity index (χ0) is 15.1. The van der Waals surface area contributed by atoms with Crippen molar-refractivity contribution in [3.05, 3.63) is 60.2 Å². The van der Waals surface area contributed by atoms with Gasteiger partial charge in [-0.25, -0.2) is 0 Å². The molecule has 0 fully saturated rings. The molecular weight excluding hydrogens is 284 g/mol. The zero-order valence-electron chi connectivity index (χ0n) is 12.3. The van der Waals surface area contributed by atoms with E-state index < -0.39 is 5.00 Å². The summed E-state index contributed by atoms with van der Waals surface area (Å²) >= 11 is 6.41. The van der Waals surface area contributed by atoms with Crippen LogP contribution in [0.2, 0.25) is 0 Å². The fourth-order valence-corrected chi connectivity index (χ4v) is 2.01. The van der Waals surface area contributed by atoms with Crippen LogP contribution in [0.4, 0.5) is 5.69 Å². The average molecular weight is 303 g/mol. The van der Waals surface area contributed by atoms with Crippen molar-refractivity contribution >= 4 is 17.3 Å². The van der Waals surface area contributed by atoms with Gasteiger partial charge in [0.1, 0.15) is 5.75 Å². The van der Waals surface area contributed by atoms with Crippen molar-refractivity contribution in [3.63, 3.8) is 0 Å². The molecule has 0 aliphatic carbocycles. The Morgan fingerprint density at radius 3 is 2.33 bits per heavy atom. The number of ether oxygens (including phenoxy) is 1. The molecule has 1 unspecified atom stereocenters. The van der Waals surface area contributed by atoms with Gasteiger partial charge in [0.2, 0.25) is 0 Å².